The van der Waals surface area contributed by atoms with Crippen LogP contribution in [0.3, 0.4) is 0 Å². The fraction of sp³-hybridized carbons (Fsp3) is 0.346. The van der Waals surface area contributed by atoms with E-state index in [9.17, 15) is 9.59 Å². The zero-order valence-electron chi connectivity index (χ0n) is 19.1. The van der Waals surface area contributed by atoms with Crippen LogP contribution in [0.25, 0.3) is 11.1 Å². The molecule has 33 heavy (non-hydrogen) atoms. The second-order valence-corrected chi connectivity index (χ2v) is 8.94. The molecule has 1 N–H and O–H groups in total. The minimum absolute atomic E-state index is 0.0107. The first-order valence-corrected chi connectivity index (χ1v) is 11.3. The number of pyridine rings is 1. The van der Waals surface area contributed by atoms with Gasteiger partial charge in [-0.15, -0.1) is 0 Å². The summed E-state index contributed by atoms with van der Waals surface area (Å²) in [6.07, 6.45) is 10.3. The first-order valence-electron chi connectivity index (χ1n) is 11.3. The van der Waals surface area contributed by atoms with Gasteiger partial charge in [0.05, 0.1) is 11.0 Å². The van der Waals surface area contributed by atoms with Crippen molar-refractivity contribution in [2.24, 2.45) is 5.41 Å². The summed E-state index contributed by atoms with van der Waals surface area (Å²) in [5.41, 5.74) is 2.77. The van der Waals surface area contributed by atoms with Gasteiger partial charge in [-0.05, 0) is 56.4 Å². The van der Waals surface area contributed by atoms with Gasteiger partial charge in [0.2, 0.25) is 5.91 Å². The van der Waals surface area contributed by atoms with Crippen LogP contribution < -0.4 is 5.32 Å². The van der Waals surface area contributed by atoms with E-state index in [0.29, 0.717) is 31.5 Å². The number of nitrogens with one attached hydrogen (secondary N) is 1. The highest BCUT2D eigenvalue weighted by Crippen LogP contribution is 2.37. The molecule has 1 aliphatic rings. The van der Waals surface area contributed by atoms with E-state index < -0.39 is 5.41 Å². The Balaban J connectivity index is 1.69. The smallest absolute Gasteiger partial charge is 0.255 e. The van der Waals surface area contributed by atoms with Crippen LogP contribution in [-0.2, 0) is 11.2 Å². The fourth-order valence-electron chi connectivity index (χ4n) is 4.56. The molecule has 2 amide bonds. The Morgan fingerprint density at radius 3 is 2.58 bits per heavy atom. The SMILES string of the molecule is CC(C)NC(=O)[C@@]1(Cc2ccccc2-c2cncnc2)CCCN(C(=O)c2cccnc2)C1. The van der Waals surface area contributed by atoms with Gasteiger partial charge in [-0.1, -0.05) is 24.3 Å². The monoisotopic (exact) mass is 443 g/mol. The van der Waals surface area contributed by atoms with Gasteiger partial charge in [-0.3, -0.25) is 14.6 Å². The lowest BCUT2D eigenvalue weighted by Gasteiger charge is -2.42. The molecule has 0 saturated carbocycles. The molecule has 3 aromatic rings. The Morgan fingerprint density at radius 1 is 1.06 bits per heavy atom. The minimum atomic E-state index is -0.730. The highest BCUT2D eigenvalue weighted by Gasteiger charge is 2.44. The molecule has 1 fully saturated rings. The van der Waals surface area contributed by atoms with Crippen molar-refractivity contribution >= 4 is 11.8 Å². The predicted molar refractivity (Wildman–Crippen MR) is 126 cm³/mol. The summed E-state index contributed by atoms with van der Waals surface area (Å²) in [6.45, 7) is 4.90. The number of amides is 2. The molecule has 1 aromatic carbocycles. The molecule has 170 valence electrons. The van der Waals surface area contributed by atoms with E-state index in [2.05, 4.69) is 26.3 Å². The van der Waals surface area contributed by atoms with Crippen molar-refractivity contribution in [3.05, 3.63) is 78.6 Å². The first-order chi connectivity index (χ1) is 16.0. The summed E-state index contributed by atoms with van der Waals surface area (Å²) >= 11 is 0. The lowest BCUT2D eigenvalue weighted by molar-refractivity contribution is -0.134. The average Bonchev–Trinajstić information content (AvgIpc) is 2.85. The third-order valence-corrected chi connectivity index (χ3v) is 6.09. The Kier molecular flexibility index (Phi) is 6.77. The van der Waals surface area contributed by atoms with E-state index in [4.69, 9.17) is 0 Å². The molecule has 1 atom stereocenters. The number of carbonyl (C=O) groups is 2. The molecule has 0 unspecified atom stereocenters. The second-order valence-electron chi connectivity index (χ2n) is 8.94. The molecule has 1 saturated heterocycles. The van der Waals surface area contributed by atoms with E-state index in [0.717, 1.165) is 23.1 Å². The van der Waals surface area contributed by atoms with Gasteiger partial charge >= 0.3 is 0 Å². The topological polar surface area (TPSA) is 88.1 Å². The van der Waals surface area contributed by atoms with E-state index in [1.807, 2.05) is 32.0 Å². The number of likely N-dealkylation sites (tertiary alicyclic amines) is 1. The van der Waals surface area contributed by atoms with Crippen LogP contribution in [0.2, 0.25) is 0 Å². The molecular weight excluding hydrogens is 414 g/mol. The summed E-state index contributed by atoms with van der Waals surface area (Å²) < 4.78 is 0. The van der Waals surface area contributed by atoms with Crippen LogP contribution in [0.1, 0.15) is 42.6 Å². The van der Waals surface area contributed by atoms with Gasteiger partial charge in [0.1, 0.15) is 6.33 Å². The maximum absolute atomic E-state index is 13.6. The number of rotatable bonds is 6. The zero-order chi connectivity index (χ0) is 23.3. The van der Waals surface area contributed by atoms with E-state index in [1.54, 1.807) is 41.8 Å². The molecule has 3 heterocycles. The summed E-state index contributed by atoms with van der Waals surface area (Å²) in [4.78, 5) is 41.0. The molecular formula is C26H29N5O2. The second kappa shape index (κ2) is 9.90. The molecule has 1 aliphatic heterocycles. The maximum Gasteiger partial charge on any atom is 0.255 e. The van der Waals surface area contributed by atoms with Gasteiger partial charge in [0.15, 0.2) is 0 Å². The molecule has 0 aliphatic carbocycles. The van der Waals surface area contributed by atoms with E-state index in [-0.39, 0.29) is 17.9 Å². The molecule has 0 bridgehead atoms. The van der Waals surface area contributed by atoms with Crippen molar-refractivity contribution < 1.29 is 9.59 Å². The maximum atomic E-state index is 13.6. The molecule has 7 nitrogen and oxygen atoms in total. The van der Waals surface area contributed by atoms with E-state index >= 15 is 0 Å². The van der Waals surface area contributed by atoms with Crippen molar-refractivity contribution in [2.75, 3.05) is 13.1 Å². The Labute approximate surface area is 194 Å². The number of nitrogens with zero attached hydrogens (tertiary/aromatic N) is 4. The predicted octanol–water partition coefficient (Wildman–Crippen LogP) is 3.53. The number of hydrogen-bond donors (Lipinski definition) is 1. The summed E-state index contributed by atoms with van der Waals surface area (Å²) in [5.74, 6) is -0.102. The highest BCUT2D eigenvalue weighted by molar-refractivity contribution is 5.94. The largest absolute Gasteiger partial charge is 0.353 e. The normalized spacial score (nSPS) is 18.2. The lowest BCUT2D eigenvalue weighted by Crippen LogP contribution is -2.55. The van der Waals surface area contributed by atoms with Crippen molar-refractivity contribution in [1.82, 2.24) is 25.2 Å². The number of piperidine rings is 1. The summed E-state index contributed by atoms with van der Waals surface area (Å²) in [6, 6.07) is 11.6. The number of aromatic nitrogens is 3. The third-order valence-electron chi connectivity index (χ3n) is 6.09. The third kappa shape index (κ3) is 5.08. The Hall–Kier alpha value is -3.61. The number of hydrogen-bond acceptors (Lipinski definition) is 5. The lowest BCUT2D eigenvalue weighted by atomic mass is 9.73. The highest BCUT2D eigenvalue weighted by atomic mass is 16.2. The van der Waals surface area contributed by atoms with Gasteiger partial charge in [-0.2, -0.15) is 0 Å². The summed E-state index contributed by atoms with van der Waals surface area (Å²) in [5, 5.41) is 3.12. The van der Waals surface area contributed by atoms with E-state index in [1.165, 1.54) is 6.33 Å². The van der Waals surface area contributed by atoms with Crippen molar-refractivity contribution in [3.63, 3.8) is 0 Å². The van der Waals surface area contributed by atoms with Crippen LogP contribution in [0.4, 0.5) is 0 Å². The number of carbonyl (C=O) groups excluding carboxylic acids is 2. The van der Waals surface area contributed by atoms with Gasteiger partial charge in [0, 0.05) is 49.5 Å². The van der Waals surface area contributed by atoms with Gasteiger partial charge < -0.3 is 10.2 Å². The summed E-state index contributed by atoms with van der Waals surface area (Å²) in [7, 11) is 0. The van der Waals surface area contributed by atoms with Crippen LogP contribution in [-0.4, -0.2) is 50.8 Å². The Morgan fingerprint density at radius 2 is 1.85 bits per heavy atom. The van der Waals surface area contributed by atoms with Crippen LogP contribution in [0.5, 0.6) is 0 Å². The molecule has 0 radical (unpaired) electrons. The zero-order valence-corrected chi connectivity index (χ0v) is 19.1. The quantitative estimate of drug-likeness (QED) is 0.630. The van der Waals surface area contributed by atoms with Gasteiger partial charge in [-0.25, -0.2) is 9.97 Å². The molecule has 7 heteroatoms. The molecule has 2 aromatic heterocycles. The number of benzene rings is 1. The fourth-order valence-corrected chi connectivity index (χ4v) is 4.56. The first kappa shape index (κ1) is 22.6. The van der Waals surface area contributed by atoms with Crippen molar-refractivity contribution in [1.29, 1.82) is 0 Å². The standard InChI is InChI=1S/C26H29N5O2/c1-19(2)30-25(33)26(10-6-12-31(17-26)24(32)21-8-5-11-27-14-21)13-20-7-3-4-9-23(20)22-15-28-18-29-16-22/h3-5,7-9,11,14-16,18-19H,6,10,12-13,17H2,1-2H3,(H,30,33)/t26-/m1/s1. The average molecular weight is 444 g/mol. The van der Waals surface area contributed by atoms with Crippen molar-refractivity contribution in [2.45, 2.75) is 39.2 Å². The van der Waals surface area contributed by atoms with Crippen LogP contribution in [0, 0.1) is 5.41 Å². The van der Waals surface area contributed by atoms with Crippen LogP contribution >= 0.6 is 0 Å². The van der Waals surface area contributed by atoms with Gasteiger partial charge in [0.25, 0.3) is 5.91 Å². The Bertz CT molecular complexity index is 1100. The van der Waals surface area contributed by atoms with Crippen LogP contribution in [0.15, 0.2) is 67.5 Å². The molecule has 0 spiro atoms. The molecule has 4 rings (SSSR count). The minimum Gasteiger partial charge on any atom is -0.353 e. The van der Waals surface area contributed by atoms with Crippen molar-refractivity contribution in [3.8, 4) is 11.1 Å².